The molecular weight excluding hydrogens is 254 g/mol. The van der Waals surface area contributed by atoms with Gasteiger partial charge in [-0.05, 0) is 6.42 Å². The number of aryl methyl sites for hydroxylation is 1. The smallest absolute Gasteiger partial charge is 0.260 e. The molecule has 0 saturated carbocycles. The number of nitrogens with zero attached hydrogens (tertiary/aromatic N) is 2. The van der Waals surface area contributed by atoms with Gasteiger partial charge in [-0.3, -0.25) is 0 Å². The summed E-state index contributed by atoms with van der Waals surface area (Å²) in [5, 5.41) is 0.177. The summed E-state index contributed by atoms with van der Waals surface area (Å²) in [6.45, 7) is 5.19. The van der Waals surface area contributed by atoms with Crippen LogP contribution in [-0.4, -0.2) is 48.5 Å². The van der Waals surface area contributed by atoms with E-state index < -0.39 is 10.0 Å². The second-order valence-electron chi connectivity index (χ2n) is 4.31. The molecule has 1 saturated heterocycles. The number of sulfonamides is 1. The second-order valence-corrected chi connectivity index (χ2v) is 6.22. The maximum atomic E-state index is 12.4. The van der Waals surface area contributed by atoms with E-state index in [1.807, 2.05) is 13.8 Å². The van der Waals surface area contributed by atoms with E-state index >= 15 is 0 Å². The minimum Gasteiger partial charge on any atom is -0.375 e. The highest BCUT2D eigenvalue weighted by Crippen LogP contribution is 2.18. The monoisotopic (exact) mass is 273 g/mol. The van der Waals surface area contributed by atoms with Gasteiger partial charge in [-0.25, -0.2) is 13.4 Å². The Morgan fingerprint density at radius 2 is 2.33 bits per heavy atom. The van der Waals surface area contributed by atoms with Crippen LogP contribution in [-0.2, 0) is 21.2 Å². The van der Waals surface area contributed by atoms with E-state index in [1.54, 1.807) is 0 Å². The van der Waals surface area contributed by atoms with Gasteiger partial charge in [0.15, 0.2) is 5.03 Å². The van der Waals surface area contributed by atoms with Crippen LogP contribution in [0.25, 0.3) is 0 Å². The third-order valence-electron chi connectivity index (χ3n) is 3.11. The molecule has 0 amide bonds. The summed E-state index contributed by atoms with van der Waals surface area (Å²) in [5.74, 6) is 0.689. The van der Waals surface area contributed by atoms with Crippen LogP contribution < -0.4 is 0 Å². The third-order valence-corrected chi connectivity index (χ3v) is 4.89. The third kappa shape index (κ3) is 2.57. The van der Waals surface area contributed by atoms with Crippen LogP contribution >= 0.6 is 0 Å². The van der Waals surface area contributed by atoms with Gasteiger partial charge in [0.2, 0.25) is 0 Å². The lowest BCUT2D eigenvalue weighted by Crippen LogP contribution is -2.45. The van der Waals surface area contributed by atoms with Gasteiger partial charge in [0.25, 0.3) is 10.0 Å². The largest absolute Gasteiger partial charge is 0.375 e. The minimum absolute atomic E-state index is 0.0120. The van der Waals surface area contributed by atoms with Crippen molar-refractivity contribution in [1.29, 1.82) is 0 Å². The van der Waals surface area contributed by atoms with E-state index in [0.29, 0.717) is 31.9 Å². The van der Waals surface area contributed by atoms with Crippen LogP contribution in [0.4, 0.5) is 0 Å². The van der Waals surface area contributed by atoms with Crippen molar-refractivity contribution in [2.45, 2.75) is 37.8 Å². The van der Waals surface area contributed by atoms with E-state index in [2.05, 4.69) is 9.97 Å². The Balaban J connectivity index is 2.19. The number of nitrogens with one attached hydrogen (secondary N) is 1. The van der Waals surface area contributed by atoms with Crippen LogP contribution in [0.3, 0.4) is 0 Å². The zero-order chi connectivity index (χ0) is 13.2. The molecule has 0 aliphatic carbocycles. The molecule has 0 aromatic carbocycles. The van der Waals surface area contributed by atoms with Crippen LogP contribution in [0.5, 0.6) is 0 Å². The summed E-state index contributed by atoms with van der Waals surface area (Å²) in [6, 6.07) is 0. The molecule has 1 fully saturated rings. The van der Waals surface area contributed by atoms with Crippen molar-refractivity contribution in [1.82, 2.24) is 14.3 Å². The van der Waals surface area contributed by atoms with Crippen molar-refractivity contribution in [2.24, 2.45) is 0 Å². The fourth-order valence-corrected chi connectivity index (χ4v) is 3.34. The summed E-state index contributed by atoms with van der Waals surface area (Å²) < 4.78 is 31.7. The van der Waals surface area contributed by atoms with Crippen LogP contribution in [0.1, 0.15) is 26.1 Å². The lowest BCUT2D eigenvalue weighted by Gasteiger charge is -2.31. The van der Waals surface area contributed by atoms with Crippen molar-refractivity contribution in [3.8, 4) is 0 Å². The molecule has 0 bridgehead atoms. The molecule has 0 spiro atoms. The first-order chi connectivity index (χ1) is 8.57. The summed E-state index contributed by atoms with van der Waals surface area (Å²) in [4.78, 5) is 6.89. The molecule has 2 rings (SSSR count). The second kappa shape index (κ2) is 5.38. The summed E-state index contributed by atoms with van der Waals surface area (Å²) in [7, 11) is -3.46. The zero-order valence-electron chi connectivity index (χ0n) is 10.7. The Morgan fingerprint density at radius 1 is 1.56 bits per heavy atom. The number of H-pyrrole nitrogens is 1. The fraction of sp³-hybridized carbons (Fsp3) is 0.727. The molecule has 0 radical (unpaired) electrons. The molecule has 1 N–H and O–H groups in total. The first kappa shape index (κ1) is 13.5. The van der Waals surface area contributed by atoms with Gasteiger partial charge in [0, 0.05) is 19.5 Å². The number of hydrogen-bond donors (Lipinski definition) is 1. The quantitative estimate of drug-likeness (QED) is 0.879. The fourth-order valence-electron chi connectivity index (χ4n) is 1.95. The molecule has 1 aromatic rings. The van der Waals surface area contributed by atoms with Gasteiger partial charge >= 0.3 is 0 Å². The van der Waals surface area contributed by atoms with Crippen molar-refractivity contribution < 1.29 is 13.2 Å². The van der Waals surface area contributed by atoms with E-state index in [9.17, 15) is 8.42 Å². The highest BCUT2D eigenvalue weighted by molar-refractivity contribution is 7.89. The Hall–Kier alpha value is -0.920. The number of morpholine rings is 1. The molecule has 1 unspecified atom stereocenters. The molecule has 1 aromatic heterocycles. The van der Waals surface area contributed by atoms with Gasteiger partial charge in [0.1, 0.15) is 5.82 Å². The van der Waals surface area contributed by atoms with Crippen LogP contribution in [0, 0.1) is 0 Å². The normalized spacial score (nSPS) is 22.2. The number of aromatic nitrogens is 2. The van der Waals surface area contributed by atoms with Crippen molar-refractivity contribution in [2.75, 3.05) is 19.7 Å². The van der Waals surface area contributed by atoms with E-state index in [4.69, 9.17) is 4.74 Å². The van der Waals surface area contributed by atoms with E-state index in [1.165, 1.54) is 10.5 Å². The number of aromatic amines is 1. The summed E-state index contributed by atoms with van der Waals surface area (Å²) in [5.41, 5.74) is 0. The van der Waals surface area contributed by atoms with Gasteiger partial charge in [-0.15, -0.1) is 0 Å². The number of imidazole rings is 1. The first-order valence-electron chi connectivity index (χ1n) is 6.23. The van der Waals surface area contributed by atoms with E-state index in [-0.39, 0.29) is 11.1 Å². The molecule has 2 heterocycles. The summed E-state index contributed by atoms with van der Waals surface area (Å²) >= 11 is 0. The zero-order valence-corrected chi connectivity index (χ0v) is 11.5. The first-order valence-corrected chi connectivity index (χ1v) is 7.67. The molecule has 6 nitrogen and oxygen atoms in total. The Bertz CT molecular complexity index is 497. The van der Waals surface area contributed by atoms with Crippen molar-refractivity contribution in [3.05, 3.63) is 12.0 Å². The molecule has 7 heteroatoms. The lowest BCUT2D eigenvalue weighted by atomic mass is 10.2. The Labute approximate surface area is 107 Å². The SMILES string of the molecule is CCc1ncc(S(=O)(=O)N2CCOC(CC)C2)[nH]1. The van der Waals surface area contributed by atoms with Crippen LogP contribution in [0.15, 0.2) is 11.2 Å². The topological polar surface area (TPSA) is 75.3 Å². The predicted molar refractivity (Wildman–Crippen MR) is 66.8 cm³/mol. The van der Waals surface area contributed by atoms with Crippen molar-refractivity contribution >= 4 is 10.0 Å². The molecule has 102 valence electrons. The highest BCUT2D eigenvalue weighted by Gasteiger charge is 2.31. The van der Waals surface area contributed by atoms with Gasteiger partial charge in [-0.2, -0.15) is 4.31 Å². The van der Waals surface area contributed by atoms with Gasteiger partial charge < -0.3 is 9.72 Å². The van der Waals surface area contributed by atoms with E-state index in [0.717, 1.165) is 6.42 Å². The maximum Gasteiger partial charge on any atom is 0.260 e. The highest BCUT2D eigenvalue weighted by atomic mass is 32.2. The number of hydrogen-bond acceptors (Lipinski definition) is 4. The molecule has 1 aliphatic heterocycles. The Morgan fingerprint density at radius 3 is 2.94 bits per heavy atom. The maximum absolute atomic E-state index is 12.4. The van der Waals surface area contributed by atoms with Gasteiger partial charge in [0.05, 0.1) is 18.9 Å². The molecule has 1 aliphatic rings. The van der Waals surface area contributed by atoms with Crippen LogP contribution in [0.2, 0.25) is 0 Å². The molecule has 18 heavy (non-hydrogen) atoms. The minimum atomic E-state index is -3.46. The van der Waals surface area contributed by atoms with Gasteiger partial charge in [-0.1, -0.05) is 13.8 Å². The Kier molecular flexibility index (Phi) is 4.04. The standard InChI is InChI=1S/C11H19N3O3S/c1-3-9-8-14(5-6-17-9)18(15,16)11-7-12-10(4-2)13-11/h7,9H,3-6,8H2,1-2H3,(H,12,13). The summed E-state index contributed by atoms with van der Waals surface area (Å²) in [6.07, 6.45) is 2.89. The lowest BCUT2D eigenvalue weighted by molar-refractivity contribution is -0.00284. The molecular formula is C11H19N3O3S. The molecule has 1 atom stereocenters. The average molecular weight is 273 g/mol. The van der Waals surface area contributed by atoms with Crippen molar-refractivity contribution in [3.63, 3.8) is 0 Å². The average Bonchev–Trinajstić information content (AvgIpc) is 2.88. The number of rotatable bonds is 4. The number of ether oxygens (including phenoxy) is 1. The predicted octanol–water partition coefficient (Wildman–Crippen LogP) is 0.772.